The van der Waals surface area contributed by atoms with Crippen LogP contribution in [0.15, 0.2) is 0 Å². The fraction of sp³-hybridized carbons (Fsp3) is 1.00. The highest BCUT2D eigenvalue weighted by Gasteiger charge is 2.44. The highest BCUT2D eigenvalue weighted by Crippen LogP contribution is 2.54. The standard InChI is InChI=1S/C14H27N/c1-12-10-13-6-4-2-3-5-7-14(13,11-12)8-9-15/h12-13H,2-11,15H2,1H3/t12-,13?,14?/m1/s1. The van der Waals surface area contributed by atoms with Gasteiger partial charge in [-0.1, -0.05) is 32.6 Å². The van der Waals surface area contributed by atoms with E-state index in [1.54, 1.807) is 0 Å². The highest BCUT2D eigenvalue weighted by molar-refractivity contribution is 4.95. The molecule has 2 fully saturated rings. The molecule has 88 valence electrons. The number of fused-ring (bicyclic) bond motifs is 1. The second-order valence-electron chi connectivity index (χ2n) is 6.10. The van der Waals surface area contributed by atoms with Crippen LogP contribution in [0.4, 0.5) is 0 Å². The van der Waals surface area contributed by atoms with Gasteiger partial charge in [0.1, 0.15) is 0 Å². The van der Waals surface area contributed by atoms with E-state index in [1.165, 1.54) is 57.8 Å². The quantitative estimate of drug-likeness (QED) is 0.737. The maximum Gasteiger partial charge on any atom is -0.00719 e. The van der Waals surface area contributed by atoms with Gasteiger partial charge < -0.3 is 5.73 Å². The summed E-state index contributed by atoms with van der Waals surface area (Å²) in [5, 5.41) is 0. The molecule has 0 heterocycles. The molecule has 0 radical (unpaired) electrons. The Kier molecular flexibility index (Phi) is 3.71. The zero-order valence-corrected chi connectivity index (χ0v) is 10.3. The Morgan fingerprint density at radius 2 is 2.00 bits per heavy atom. The fourth-order valence-electron chi connectivity index (χ4n) is 4.35. The Morgan fingerprint density at radius 3 is 2.80 bits per heavy atom. The van der Waals surface area contributed by atoms with Crippen LogP contribution in [0, 0.1) is 17.3 Å². The van der Waals surface area contributed by atoms with Crippen LogP contribution in [-0.2, 0) is 0 Å². The minimum absolute atomic E-state index is 0.661. The number of hydrogen-bond donors (Lipinski definition) is 1. The smallest absolute Gasteiger partial charge is 0.00719 e. The average molecular weight is 209 g/mol. The molecule has 0 bridgehead atoms. The normalized spacial score (nSPS) is 42.0. The van der Waals surface area contributed by atoms with Gasteiger partial charge in [-0.05, 0) is 55.9 Å². The van der Waals surface area contributed by atoms with Gasteiger partial charge in [0, 0.05) is 0 Å². The molecule has 0 aliphatic heterocycles. The van der Waals surface area contributed by atoms with Gasteiger partial charge in [0.25, 0.3) is 0 Å². The lowest BCUT2D eigenvalue weighted by Gasteiger charge is -2.37. The second kappa shape index (κ2) is 4.86. The number of rotatable bonds is 2. The molecule has 2 unspecified atom stereocenters. The third kappa shape index (κ3) is 2.38. The third-order valence-corrected chi connectivity index (χ3v) is 4.93. The molecule has 0 aromatic rings. The molecule has 0 aromatic heterocycles. The van der Waals surface area contributed by atoms with Crippen molar-refractivity contribution < 1.29 is 0 Å². The summed E-state index contributed by atoms with van der Waals surface area (Å²) >= 11 is 0. The van der Waals surface area contributed by atoms with E-state index in [0.717, 1.165) is 18.4 Å². The van der Waals surface area contributed by atoms with E-state index in [4.69, 9.17) is 5.73 Å². The molecule has 0 spiro atoms. The maximum atomic E-state index is 5.85. The summed E-state index contributed by atoms with van der Waals surface area (Å²) in [7, 11) is 0. The molecule has 2 N–H and O–H groups in total. The van der Waals surface area contributed by atoms with Crippen molar-refractivity contribution in [3.05, 3.63) is 0 Å². The van der Waals surface area contributed by atoms with E-state index in [9.17, 15) is 0 Å². The largest absolute Gasteiger partial charge is 0.330 e. The number of hydrogen-bond acceptors (Lipinski definition) is 1. The van der Waals surface area contributed by atoms with Crippen LogP contribution in [0.3, 0.4) is 0 Å². The first kappa shape index (κ1) is 11.4. The highest BCUT2D eigenvalue weighted by atomic mass is 14.6. The molecule has 3 atom stereocenters. The number of nitrogens with two attached hydrogens (primary N) is 1. The maximum absolute atomic E-state index is 5.85. The zero-order chi connectivity index (χ0) is 10.7. The van der Waals surface area contributed by atoms with E-state index in [0.29, 0.717) is 5.41 Å². The molecule has 2 aliphatic carbocycles. The van der Waals surface area contributed by atoms with Gasteiger partial charge in [-0.25, -0.2) is 0 Å². The molecule has 0 aromatic carbocycles. The molecular formula is C14H27N. The van der Waals surface area contributed by atoms with Gasteiger partial charge in [0.05, 0.1) is 0 Å². The minimum Gasteiger partial charge on any atom is -0.330 e. The molecule has 0 amide bonds. The van der Waals surface area contributed by atoms with Crippen LogP contribution < -0.4 is 5.73 Å². The van der Waals surface area contributed by atoms with Crippen molar-refractivity contribution in [1.29, 1.82) is 0 Å². The van der Waals surface area contributed by atoms with Gasteiger partial charge in [0.2, 0.25) is 0 Å². The summed E-state index contributed by atoms with van der Waals surface area (Å²) in [6.07, 6.45) is 13.1. The summed E-state index contributed by atoms with van der Waals surface area (Å²) in [6.45, 7) is 3.35. The summed E-state index contributed by atoms with van der Waals surface area (Å²) < 4.78 is 0. The van der Waals surface area contributed by atoms with Gasteiger partial charge in [-0.15, -0.1) is 0 Å². The summed E-state index contributed by atoms with van der Waals surface area (Å²) in [5.41, 5.74) is 6.51. The molecular weight excluding hydrogens is 182 g/mol. The van der Waals surface area contributed by atoms with Crippen LogP contribution in [0.5, 0.6) is 0 Å². The molecule has 0 saturated heterocycles. The lowest BCUT2D eigenvalue weighted by atomic mass is 9.68. The van der Waals surface area contributed by atoms with Crippen molar-refractivity contribution in [3.8, 4) is 0 Å². The van der Waals surface area contributed by atoms with Crippen LogP contribution in [0.1, 0.15) is 64.7 Å². The molecule has 2 saturated carbocycles. The minimum atomic E-state index is 0.661. The summed E-state index contributed by atoms with van der Waals surface area (Å²) in [4.78, 5) is 0. The SMILES string of the molecule is C[C@@H]1CC2CCCCCCC2(CCN)C1. The van der Waals surface area contributed by atoms with Gasteiger partial charge in [-0.3, -0.25) is 0 Å². The van der Waals surface area contributed by atoms with E-state index in [1.807, 2.05) is 0 Å². The zero-order valence-electron chi connectivity index (χ0n) is 10.3. The van der Waals surface area contributed by atoms with Gasteiger partial charge in [-0.2, -0.15) is 0 Å². The Hall–Kier alpha value is -0.0400. The summed E-state index contributed by atoms with van der Waals surface area (Å²) in [5.74, 6) is 1.97. The van der Waals surface area contributed by atoms with Gasteiger partial charge in [0.15, 0.2) is 0 Å². The van der Waals surface area contributed by atoms with Gasteiger partial charge >= 0.3 is 0 Å². The Balaban J connectivity index is 2.09. The first-order valence-electron chi connectivity index (χ1n) is 6.97. The average Bonchev–Trinajstić information content (AvgIpc) is 2.45. The van der Waals surface area contributed by atoms with Crippen LogP contribution in [-0.4, -0.2) is 6.54 Å². The van der Waals surface area contributed by atoms with E-state index >= 15 is 0 Å². The third-order valence-electron chi connectivity index (χ3n) is 4.93. The van der Waals surface area contributed by atoms with E-state index in [2.05, 4.69) is 6.92 Å². The molecule has 15 heavy (non-hydrogen) atoms. The Labute approximate surface area is 94.8 Å². The predicted octanol–water partition coefficient (Wildman–Crippen LogP) is 3.72. The Morgan fingerprint density at radius 1 is 1.20 bits per heavy atom. The first-order chi connectivity index (χ1) is 7.27. The van der Waals surface area contributed by atoms with Crippen LogP contribution >= 0.6 is 0 Å². The molecule has 1 nitrogen and oxygen atoms in total. The van der Waals surface area contributed by atoms with Crippen molar-refractivity contribution in [2.75, 3.05) is 6.54 Å². The van der Waals surface area contributed by atoms with E-state index < -0.39 is 0 Å². The Bertz CT molecular complexity index is 202. The predicted molar refractivity (Wildman–Crippen MR) is 65.7 cm³/mol. The lowest BCUT2D eigenvalue weighted by molar-refractivity contribution is 0.138. The van der Waals surface area contributed by atoms with Crippen molar-refractivity contribution >= 4 is 0 Å². The van der Waals surface area contributed by atoms with Crippen LogP contribution in [0.2, 0.25) is 0 Å². The monoisotopic (exact) mass is 209 g/mol. The van der Waals surface area contributed by atoms with Crippen LogP contribution in [0.25, 0.3) is 0 Å². The van der Waals surface area contributed by atoms with Crippen molar-refractivity contribution in [1.82, 2.24) is 0 Å². The molecule has 1 heteroatoms. The molecule has 2 rings (SSSR count). The fourth-order valence-corrected chi connectivity index (χ4v) is 4.35. The lowest BCUT2D eigenvalue weighted by Crippen LogP contribution is -2.29. The van der Waals surface area contributed by atoms with E-state index in [-0.39, 0.29) is 0 Å². The first-order valence-corrected chi connectivity index (χ1v) is 6.97. The van der Waals surface area contributed by atoms with Crippen molar-refractivity contribution in [3.63, 3.8) is 0 Å². The van der Waals surface area contributed by atoms with Crippen molar-refractivity contribution in [2.45, 2.75) is 64.7 Å². The van der Waals surface area contributed by atoms with Crippen molar-refractivity contribution in [2.24, 2.45) is 23.0 Å². The second-order valence-corrected chi connectivity index (χ2v) is 6.10. The topological polar surface area (TPSA) is 26.0 Å². The molecule has 2 aliphatic rings. The summed E-state index contributed by atoms with van der Waals surface area (Å²) in [6, 6.07) is 0.